The van der Waals surface area contributed by atoms with Gasteiger partial charge in [-0.3, -0.25) is 9.48 Å². The van der Waals surface area contributed by atoms with Crippen LogP contribution in [-0.2, 0) is 13.2 Å². The number of rotatable bonds is 3. The molecule has 0 bridgehead atoms. The monoisotopic (exact) mass is 458 g/mol. The van der Waals surface area contributed by atoms with Crippen molar-refractivity contribution in [3.63, 3.8) is 0 Å². The molecule has 1 saturated carbocycles. The van der Waals surface area contributed by atoms with Crippen LogP contribution in [0.15, 0.2) is 12.4 Å². The van der Waals surface area contributed by atoms with Crippen LogP contribution in [0.25, 0.3) is 5.65 Å². The molecule has 4 rings (SSSR count). The zero-order valence-electron chi connectivity index (χ0n) is 16.7. The zero-order valence-corrected chi connectivity index (χ0v) is 16.7. The molecule has 3 heterocycles. The summed E-state index contributed by atoms with van der Waals surface area (Å²) in [6.45, 7) is 0. The number of anilines is 3. The number of halogens is 5. The standard InChI is InChI=1S/C18H19F5N8O/c1-30-7-10(12(28-30)18(21,22)23)26-16(32)11-14(25)29-31-6-9(13(24)27-15(11)31)8-2-4-17(19,20)5-3-8/h6-8H,2-5H2,1H3,(H2,24,27)(H2,25,29)(H,26,32). The highest BCUT2D eigenvalue weighted by atomic mass is 19.4. The Balaban J connectivity index is 1.67. The number of carbonyl (C=O) groups is 1. The molecule has 3 aromatic heterocycles. The van der Waals surface area contributed by atoms with Crippen LogP contribution in [0.5, 0.6) is 0 Å². The summed E-state index contributed by atoms with van der Waals surface area (Å²) in [5.74, 6) is -4.23. The lowest BCUT2D eigenvalue weighted by Gasteiger charge is -2.28. The maximum atomic E-state index is 13.5. The quantitative estimate of drug-likeness (QED) is 0.517. The highest BCUT2D eigenvalue weighted by Crippen LogP contribution is 2.42. The smallest absolute Gasteiger partial charge is 0.383 e. The Hall–Kier alpha value is -3.45. The SMILES string of the molecule is Cn1cc(NC(=O)c2c(N)nn3cc(C4CCC(F)(F)CC4)c(N)nc23)c(C(F)(F)F)n1. The fourth-order valence-electron chi connectivity index (χ4n) is 3.87. The molecular formula is C18H19F5N8O. The van der Waals surface area contributed by atoms with Crippen LogP contribution in [0.4, 0.5) is 39.3 Å². The van der Waals surface area contributed by atoms with Gasteiger partial charge in [0.15, 0.2) is 17.2 Å². The van der Waals surface area contributed by atoms with Gasteiger partial charge in [-0.1, -0.05) is 0 Å². The van der Waals surface area contributed by atoms with Gasteiger partial charge in [0.05, 0.1) is 5.69 Å². The molecule has 172 valence electrons. The van der Waals surface area contributed by atoms with Crippen LogP contribution in [0, 0.1) is 0 Å². The molecule has 1 aliphatic carbocycles. The number of aromatic nitrogens is 5. The van der Waals surface area contributed by atoms with Gasteiger partial charge in [-0.05, 0) is 18.8 Å². The van der Waals surface area contributed by atoms with Crippen LogP contribution in [0.2, 0.25) is 0 Å². The lowest BCUT2D eigenvalue weighted by Crippen LogP contribution is -2.24. The average Bonchev–Trinajstić information content (AvgIpc) is 3.19. The Morgan fingerprint density at radius 1 is 1.16 bits per heavy atom. The summed E-state index contributed by atoms with van der Waals surface area (Å²) < 4.78 is 68.5. The van der Waals surface area contributed by atoms with E-state index in [1.165, 1.54) is 17.8 Å². The molecule has 0 aliphatic heterocycles. The molecule has 1 amide bonds. The molecule has 0 unspecified atom stereocenters. The number of nitrogens with one attached hydrogen (secondary N) is 1. The van der Waals surface area contributed by atoms with Gasteiger partial charge in [0.2, 0.25) is 5.92 Å². The number of alkyl halides is 5. The first-order valence-corrected chi connectivity index (χ1v) is 9.60. The van der Waals surface area contributed by atoms with Crippen LogP contribution in [0.1, 0.15) is 53.2 Å². The molecule has 0 saturated heterocycles. The predicted octanol–water partition coefficient (Wildman–Crippen LogP) is 3.19. The highest BCUT2D eigenvalue weighted by Gasteiger charge is 2.39. The Morgan fingerprint density at radius 3 is 2.44 bits per heavy atom. The third-order valence-electron chi connectivity index (χ3n) is 5.43. The second-order valence-corrected chi connectivity index (χ2v) is 7.76. The van der Waals surface area contributed by atoms with E-state index in [1.54, 1.807) is 0 Å². The first-order valence-electron chi connectivity index (χ1n) is 9.60. The molecule has 3 aromatic rings. The topological polar surface area (TPSA) is 129 Å². The molecule has 1 fully saturated rings. The lowest BCUT2D eigenvalue weighted by molar-refractivity contribution is -0.140. The van der Waals surface area contributed by atoms with Crippen molar-refractivity contribution in [1.82, 2.24) is 24.4 Å². The summed E-state index contributed by atoms with van der Waals surface area (Å²) in [5.41, 5.74) is 10.2. The summed E-state index contributed by atoms with van der Waals surface area (Å²) in [7, 11) is 1.28. The molecule has 0 spiro atoms. The van der Waals surface area contributed by atoms with E-state index in [0.717, 1.165) is 10.9 Å². The molecule has 1 aliphatic rings. The number of nitrogens with two attached hydrogens (primary N) is 2. The third kappa shape index (κ3) is 3.91. The largest absolute Gasteiger partial charge is 0.437 e. The van der Waals surface area contributed by atoms with Gasteiger partial charge in [-0.15, -0.1) is 5.10 Å². The molecule has 14 heteroatoms. The van der Waals surface area contributed by atoms with E-state index < -0.39 is 29.4 Å². The number of hydrogen-bond donors (Lipinski definition) is 3. The molecule has 0 atom stereocenters. The van der Waals surface area contributed by atoms with Crippen molar-refractivity contribution in [2.45, 2.75) is 43.7 Å². The number of aryl methyl sites for hydroxylation is 1. The first kappa shape index (κ1) is 21.8. The maximum absolute atomic E-state index is 13.5. The van der Waals surface area contributed by atoms with Crippen molar-refractivity contribution in [2.75, 3.05) is 16.8 Å². The molecule has 0 aromatic carbocycles. The van der Waals surface area contributed by atoms with E-state index in [9.17, 15) is 26.7 Å². The number of nitrogen functional groups attached to an aromatic ring is 2. The number of amides is 1. The van der Waals surface area contributed by atoms with Crippen molar-refractivity contribution in [3.8, 4) is 0 Å². The minimum absolute atomic E-state index is 0.0130. The number of nitrogens with zero attached hydrogens (tertiary/aromatic N) is 5. The van der Waals surface area contributed by atoms with Crippen LogP contribution in [-0.4, -0.2) is 36.2 Å². The predicted molar refractivity (Wildman–Crippen MR) is 104 cm³/mol. The first-order chi connectivity index (χ1) is 14.9. The Morgan fingerprint density at radius 2 is 1.81 bits per heavy atom. The minimum atomic E-state index is -4.79. The third-order valence-corrected chi connectivity index (χ3v) is 5.43. The average molecular weight is 458 g/mol. The van der Waals surface area contributed by atoms with Gasteiger partial charge >= 0.3 is 6.18 Å². The summed E-state index contributed by atoms with van der Waals surface area (Å²) >= 11 is 0. The minimum Gasteiger partial charge on any atom is -0.383 e. The normalized spacial score (nSPS) is 17.1. The maximum Gasteiger partial charge on any atom is 0.437 e. The van der Waals surface area contributed by atoms with Crippen molar-refractivity contribution in [3.05, 3.63) is 29.2 Å². The summed E-state index contributed by atoms with van der Waals surface area (Å²) in [5, 5.41) is 9.47. The van der Waals surface area contributed by atoms with Gasteiger partial charge < -0.3 is 16.8 Å². The van der Waals surface area contributed by atoms with Crippen molar-refractivity contribution >= 4 is 28.9 Å². The fourth-order valence-corrected chi connectivity index (χ4v) is 3.87. The number of hydrogen-bond acceptors (Lipinski definition) is 6. The highest BCUT2D eigenvalue weighted by molar-refractivity contribution is 6.11. The van der Waals surface area contributed by atoms with Gasteiger partial charge in [0.25, 0.3) is 5.91 Å². The molecule has 0 radical (unpaired) electrons. The summed E-state index contributed by atoms with van der Waals surface area (Å²) in [6, 6.07) is 0. The second-order valence-electron chi connectivity index (χ2n) is 7.76. The fraction of sp³-hybridized carbons (Fsp3) is 0.444. The van der Waals surface area contributed by atoms with Gasteiger partial charge in [0.1, 0.15) is 11.4 Å². The summed E-state index contributed by atoms with van der Waals surface area (Å²) in [6.07, 6.45) is -2.48. The Kier molecular flexibility index (Phi) is 4.97. The van der Waals surface area contributed by atoms with Crippen LogP contribution in [0.3, 0.4) is 0 Å². The molecular weight excluding hydrogens is 439 g/mol. The summed E-state index contributed by atoms with van der Waals surface area (Å²) in [4.78, 5) is 16.9. The molecule has 5 N–H and O–H groups in total. The van der Waals surface area contributed by atoms with Crippen molar-refractivity contribution in [2.24, 2.45) is 7.05 Å². The van der Waals surface area contributed by atoms with E-state index in [2.05, 4.69) is 20.5 Å². The van der Waals surface area contributed by atoms with Crippen LogP contribution >= 0.6 is 0 Å². The van der Waals surface area contributed by atoms with Gasteiger partial charge in [-0.25, -0.2) is 18.3 Å². The van der Waals surface area contributed by atoms with Gasteiger partial charge in [0, 0.05) is 37.8 Å². The van der Waals surface area contributed by atoms with E-state index in [1.807, 2.05) is 0 Å². The number of carbonyl (C=O) groups excluding carboxylic acids is 1. The van der Waals surface area contributed by atoms with Gasteiger partial charge in [-0.2, -0.15) is 18.3 Å². The molecule has 9 nitrogen and oxygen atoms in total. The van der Waals surface area contributed by atoms with Crippen LogP contribution < -0.4 is 16.8 Å². The second kappa shape index (κ2) is 7.31. The van der Waals surface area contributed by atoms with E-state index in [-0.39, 0.29) is 54.4 Å². The Labute approximate surface area is 177 Å². The van der Waals surface area contributed by atoms with E-state index in [4.69, 9.17) is 11.5 Å². The van der Waals surface area contributed by atoms with E-state index in [0.29, 0.717) is 5.56 Å². The lowest BCUT2D eigenvalue weighted by atomic mass is 9.83. The van der Waals surface area contributed by atoms with Crippen molar-refractivity contribution in [1.29, 1.82) is 0 Å². The Bertz CT molecular complexity index is 1190. The zero-order chi connectivity index (χ0) is 23.4. The van der Waals surface area contributed by atoms with E-state index >= 15 is 0 Å². The molecule has 32 heavy (non-hydrogen) atoms. The number of fused-ring (bicyclic) bond motifs is 1. The van der Waals surface area contributed by atoms with Crippen molar-refractivity contribution < 1.29 is 26.7 Å².